The van der Waals surface area contributed by atoms with Crippen molar-refractivity contribution >= 4 is 11.3 Å². The number of nitrogens with zero attached hydrogens (tertiary/aromatic N) is 1. The largest absolute Gasteiger partial charge is 0.246 e. The molecule has 0 fully saturated rings. The molecule has 16 heavy (non-hydrogen) atoms. The van der Waals surface area contributed by atoms with Crippen LogP contribution in [0.4, 0.5) is 0 Å². The highest BCUT2D eigenvalue weighted by Crippen LogP contribution is 2.17. The Hall–Kier alpha value is -1.15. The minimum Gasteiger partial charge on any atom is -0.246 e. The van der Waals surface area contributed by atoms with Crippen molar-refractivity contribution in [3.63, 3.8) is 0 Å². The Morgan fingerprint density at radius 1 is 1.12 bits per heavy atom. The fourth-order valence-corrected chi connectivity index (χ4v) is 2.85. The summed E-state index contributed by atoms with van der Waals surface area (Å²) in [6, 6.07) is 6.71. The monoisotopic (exact) mass is 231 g/mol. The molecule has 0 saturated heterocycles. The summed E-state index contributed by atoms with van der Waals surface area (Å²) in [7, 11) is 0. The number of aromatic nitrogens is 1. The lowest BCUT2D eigenvalue weighted by Crippen LogP contribution is -1.90. The van der Waals surface area contributed by atoms with Crippen molar-refractivity contribution in [2.24, 2.45) is 0 Å². The summed E-state index contributed by atoms with van der Waals surface area (Å²) in [5, 5.41) is 3.39. The SMILES string of the molecule is CCc1csc(Cc2cc(C)cc(C)c2)n1. The molecule has 0 spiro atoms. The fourth-order valence-electron chi connectivity index (χ4n) is 1.94. The molecule has 2 aromatic rings. The first kappa shape index (κ1) is 11.3. The Bertz CT molecular complexity index is 465. The van der Waals surface area contributed by atoms with E-state index in [-0.39, 0.29) is 0 Å². The maximum absolute atomic E-state index is 4.60. The topological polar surface area (TPSA) is 12.9 Å². The summed E-state index contributed by atoms with van der Waals surface area (Å²) < 4.78 is 0. The average molecular weight is 231 g/mol. The molecule has 0 aliphatic carbocycles. The molecule has 0 bridgehead atoms. The number of thiazole rings is 1. The van der Waals surface area contributed by atoms with Gasteiger partial charge < -0.3 is 0 Å². The van der Waals surface area contributed by atoms with Crippen LogP contribution in [0.5, 0.6) is 0 Å². The zero-order valence-corrected chi connectivity index (χ0v) is 10.9. The first-order valence-electron chi connectivity index (χ1n) is 5.68. The van der Waals surface area contributed by atoms with E-state index in [4.69, 9.17) is 0 Å². The Morgan fingerprint density at radius 3 is 2.38 bits per heavy atom. The van der Waals surface area contributed by atoms with E-state index in [2.05, 4.69) is 49.3 Å². The Kier molecular flexibility index (Phi) is 3.39. The Labute approximate surface area is 101 Å². The minimum absolute atomic E-state index is 0.965. The second-order valence-corrected chi connectivity index (χ2v) is 5.20. The van der Waals surface area contributed by atoms with Gasteiger partial charge in [0.2, 0.25) is 0 Å². The molecule has 2 rings (SSSR count). The van der Waals surface area contributed by atoms with Crippen molar-refractivity contribution in [3.05, 3.63) is 51.0 Å². The summed E-state index contributed by atoms with van der Waals surface area (Å²) in [5.74, 6) is 0. The van der Waals surface area contributed by atoms with E-state index >= 15 is 0 Å². The van der Waals surface area contributed by atoms with Crippen LogP contribution >= 0.6 is 11.3 Å². The molecule has 1 heterocycles. The second-order valence-electron chi connectivity index (χ2n) is 4.26. The molecular formula is C14H17NS. The van der Waals surface area contributed by atoms with E-state index < -0.39 is 0 Å². The summed E-state index contributed by atoms with van der Waals surface area (Å²) >= 11 is 1.77. The van der Waals surface area contributed by atoms with Gasteiger partial charge in [0.15, 0.2) is 0 Å². The summed E-state index contributed by atoms with van der Waals surface area (Å²) in [6.45, 7) is 6.45. The van der Waals surface area contributed by atoms with Crippen LogP contribution < -0.4 is 0 Å². The van der Waals surface area contributed by atoms with Gasteiger partial charge in [-0.25, -0.2) is 4.98 Å². The standard InChI is InChI=1S/C14H17NS/c1-4-13-9-16-14(15-13)8-12-6-10(2)5-11(3)7-12/h5-7,9H,4,8H2,1-3H3. The van der Waals surface area contributed by atoms with E-state index in [0.717, 1.165) is 12.8 Å². The maximum Gasteiger partial charge on any atom is 0.0972 e. The first-order chi connectivity index (χ1) is 7.67. The Morgan fingerprint density at radius 2 is 1.81 bits per heavy atom. The van der Waals surface area contributed by atoms with E-state index in [1.807, 2.05) is 0 Å². The molecule has 0 radical (unpaired) electrons. The van der Waals surface area contributed by atoms with Crippen molar-refractivity contribution < 1.29 is 0 Å². The third-order valence-corrected chi connectivity index (χ3v) is 3.50. The minimum atomic E-state index is 0.965. The van der Waals surface area contributed by atoms with Crippen LogP contribution in [-0.4, -0.2) is 4.98 Å². The molecule has 0 atom stereocenters. The molecule has 0 N–H and O–H groups in total. The first-order valence-corrected chi connectivity index (χ1v) is 6.56. The highest BCUT2D eigenvalue weighted by Gasteiger charge is 2.03. The number of rotatable bonds is 3. The van der Waals surface area contributed by atoms with Crippen molar-refractivity contribution in [3.8, 4) is 0 Å². The molecule has 0 aliphatic heterocycles. The smallest absolute Gasteiger partial charge is 0.0972 e. The zero-order valence-electron chi connectivity index (χ0n) is 10.1. The lowest BCUT2D eigenvalue weighted by atomic mass is 10.1. The molecule has 1 aromatic carbocycles. The van der Waals surface area contributed by atoms with E-state index in [0.29, 0.717) is 0 Å². The van der Waals surface area contributed by atoms with Gasteiger partial charge in [-0.05, 0) is 25.8 Å². The van der Waals surface area contributed by atoms with Crippen LogP contribution in [0, 0.1) is 13.8 Å². The summed E-state index contributed by atoms with van der Waals surface area (Å²) in [6.07, 6.45) is 2.00. The number of hydrogen-bond acceptors (Lipinski definition) is 2. The van der Waals surface area contributed by atoms with Crippen molar-refractivity contribution in [1.29, 1.82) is 0 Å². The number of aryl methyl sites for hydroxylation is 3. The summed E-state index contributed by atoms with van der Waals surface area (Å²) in [5.41, 5.74) is 5.25. The molecule has 0 unspecified atom stereocenters. The normalized spacial score (nSPS) is 10.7. The van der Waals surface area contributed by atoms with Gasteiger partial charge in [-0.15, -0.1) is 11.3 Å². The van der Waals surface area contributed by atoms with Crippen LogP contribution in [0.15, 0.2) is 23.6 Å². The van der Waals surface area contributed by atoms with Gasteiger partial charge >= 0.3 is 0 Å². The molecule has 84 valence electrons. The zero-order chi connectivity index (χ0) is 11.5. The fraction of sp³-hybridized carbons (Fsp3) is 0.357. The molecule has 0 amide bonds. The third-order valence-electron chi connectivity index (χ3n) is 2.60. The quantitative estimate of drug-likeness (QED) is 0.780. The van der Waals surface area contributed by atoms with Crippen LogP contribution in [-0.2, 0) is 12.8 Å². The lowest BCUT2D eigenvalue weighted by molar-refractivity contribution is 1.02. The molecule has 0 aliphatic rings. The van der Waals surface area contributed by atoms with Gasteiger partial charge in [-0.2, -0.15) is 0 Å². The van der Waals surface area contributed by atoms with Gasteiger partial charge in [-0.1, -0.05) is 36.2 Å². The highest BCUT2D eigenvalue weighted by atomic mass is 32.1. The molecule has 1 nitrogen and oxygen atoms in total. The van der Waals surface area contributed by atoms with Crippen molar-refractivity contribution in [2.75, 3.05) is 0 Å². The molecule has 1 aromatic heterocycles. The van der Waals surface area contributed by atoms with Gasteiger partial charge in [0.05, 0.1) is 10.7 Å². The molecule has 0 saturated carbocycles. The summed E-state index contributed by atoms with van der Waals surface area (Å²) in [4.78, 5) is 4.60. The van der Waals surface area contributed by atoms with Gasteiger partial charge in [0, 0.05) is 11.8 Å². The maximum atomic E-state index is 4.60. The van der Waals surface area contributed by atoms with Crippen LogP contribution in [0.1, 0.15) is 34.3 Å². The Balaban J connectivity index is 2.19. The van der Waals surface area contributed by atoms with E-state index in [1.54, 1.807) is 11.3 Å². The molecular weight excluding hydrogens is 214 g/mol. The van der Waals surface area contributed by atoms with E-state index in [9.17, 15) is 0 Å². The average Bonchev–Trinajstić information content (AvgIpc) is 2.64. The third kappa shape index (κ3) is 2.70. The van der Waals surface area contributed by atoms with Crippen LogP contribution in [0.25, 0.3) is 0 Å². The van der Waals surface area contributed by atoms with Gasteiger partial charge in [-0.3, -0.25) is 0 Å². The lowest BCUT2D eigenvalue weighted by Gasteiger charge is -2.02. The van der Waals surface area contributed by atoms with Crippen molar-refractivity contribution in [2.45, 2.75) is 33.6 Å². The van der Waals surface area contributed by atoms with E-state index in [1.165, 1.54) is 27.4 Å². The second kappa shape index (κ2) is 4.79. The van der Waals surface area contributed by atoms with Gasteiger partial charge in [0.1, 0.15) is 0 Å². The van der Waals surface area contributed by atoms with Crippen molar-refractivity contribution in [1.82, 2.24) is 4.98 Å². The van der Waals surface area contributed by atoms with Gasteiger partial charge in [0.25, 0.3) is 0 Å². The predicted molar refractivity (Wildman–Crippen MR) is 70.2 cm³/mol. The highest BCUT2D eigenvalue weighted by molar-refractivity contribution is 7.09. The van der Waals surface area contributed by atoms with Crippen LogP contribution in [0.3, 0.4) is 0 Å². The van der Waals surface area contributed by atoms with Crippen LogP contribution in [0.2, 0.25) is 0 Å². The predicted octanol–water partition coefficient (Wildman–Crippen LogP) is 3.91. The molecule has 2 heteroatoms. The number of hydrogen-bond donors (Lipinski definition) is 0. The number of benzene rings is 1.